The van der Waals surface area contributed by atoms with E-state index in [0.717, 1.165) is 11.3 Å². The SMILES string of the molecule is Cc1ccccc1N=C(N)N=C(N)N.N#CN=C(N)N. The first-order chi connectivity index (χ1) is 9.36. The van der Waals surface area contributed by atoms with E-state index < -0.39 is 0 Å². The van der Waals surface area contributed by atoms with Crippen LogP contribution in [0.25, 0.3) is 0 Å². The van der Waals surface area contributed by atoms with Gasteiger partial charge in [0.2, 0.25) is 18.1 Å². The lowest BCUT2D eigenvalue weighted by Crippen LogP contribution is -2.26. The molecule has 0 radical (unpaired) electrons. The zero-order valence-corrected chi connectivity index (χ0v) is 11.0. The van der Waals surface area contributed by atoms with Crippen LogP contribution in [0.15, 0.2) is 39.2 Å². The molecule has 1 aromatic rings. The normalized spacial score (nSPS) is 9.50. The predicted octanol–water partition coefficient (Wildman–Crippen LogP) is -1.04. The highest BCUT2D eigenvalue weighted by atomic mass is 15.1. The van der Waals surface area contributed by atoms with Gasteiger partial charge in [-0.2, -0.15) is 10.3 Å². The van der Waals surface area contributed by atoms with E-state index in [-0.39, 0.29) is 17.9 Å². The number of nitrogens with two attached hydrogens (primary N) is 5. The van der Waals surface area contributed by atoms with Gasteiger partial charge in [-0.15, -0.1) is 4.99 Å². The summed E-state index contributed by atoms with van der Waals surface area (Å²) in [4.78, 5) is 10.6. The second kappa shape index (κ2) is 8.76. The van der Waals surface area contributed by atoms with Gasteiger partial charge in [0.05, 0.1) is 5.69 Å². The third kappa shape index (κ3) is 7.91. The summed E-state index contributed by atoms with van der Waals surface area (Å²) < 4.78 is 0. The van der Waals surface area contributed by atoms with Crippen LogP contribution in [0, 0.1) is 18.4 Å². The lowest BCUT2D eigenvalue weighted by atomic mass is 10.2. The van der Waals surface area contributed by atoms with Crippen molar-refractivity contribution in [1.82, 2.24) is 0 Å². The summed E-state index contributed by atoms with van der Waals surface area (Å²) in [6, 6.07) is 7.56. The second-order valence-electron chi connectivity index (χ2n) is 3.43. The number of hydrogen-bond acceptors (Lipinski definition) is 3. The summed E-state index contributed by atoms with van der Waals surface area (Å²) in [7, 11) is 0. The van der Waals surface area contributed by atoms with Crippen molar-refractivity contribution in [3.8, 4) is 6.19 Å². The van der Waals surface area contributed by atoms with Gasteiger partial charge in [0, 0.05) is 0 Å². The molecule has 0 aliphatic heterocycles. The summed E-state index contributed by atoms with van der Waals surface area (Å²) in [6.07, 6.45) is 1.41. The van der Waals surface area contributed by atoms with Crippen LogP contribution < -0.4 is 28.7 Å². The molecule has 106 valence electrons. The molecule has 0 aromatic heterocycles. The first-order valence-corrected chi connectivity index (χ1v) is 5.34. The van der Waals surface area contributed by atoms with Gasteiger partial charge in [0.15, 0.2) is 5.96 Å². The molecular weight excluding hydrogens is 258 g/mol. The standard InChI is InChI=1S/C9H13N5.C2H4N4/c1-6-4-2-3-5-7(6)13-9(12)14-8(10)11;3-1-6-2(4)5/h2-5H,1H3,(H6,10,11,12,13,14);(H4,4,5,6). The van der Waals surface area contributed by atoms with Crippen LogP contribution in [0.2, 0.25) is 0 Å². The lowest BCUT2D eigenvalue weighted by molar-refractivity contribution is 1.34. The van der Waals surface area contributed by atoms with Gasteiger partial charge in [0.25, 0.3) is 0 Å². The maximum atomic E-state index is 7.64. The van der Waals surface area contributed by atoms with E-state index in [9.17, 15) is 0 Å². The minimum atomic E-state index is -0.197. The fraction of sp³-hybridized carbons (Fsp3) is 0.0909. The number of aliphatic imine (C=N–C) groups is 3. The molecule has 0 saturated carbocycles. The molecule has 0 amide bonds. The molecule has 0 heterocycles. The molecule has 0 saturated heterocycles. The fourth-order valence-corrected chi connectivity index (χ4v) is 1.03. The van der Waals surface area contributed by atoms with Gasteiger partial charge in [-0.25, -0.2) is 4.99 Å². The van der Waals surface area contributed by atoms with Crippen molar-refractivity contribution in [3.63, 3.8) is 0 Å². The molecule has 0 fully saturated rings. The van der Waals surface area contributed by atoms with Crippen molar-refractivity contribution in [1.29, 1.82) is 5.26 Å². The van der Waals surface area contributed by atoms with Gasteiger partial charge >= 0.3 is 0 Å². The molecule has 0 bridgehead atoms. The molecule has 20 heavy (non-hydrogen) atoms. The molecule has 0 atom stereocenters. The molecular formula is C11H17N9. The average molecular weight is 275 g/mol. The fourth-order valence-electron chi connectivity index (χ4n) is 1.03. The largest absolute Gasteiger partial charge is 0.370 e. The Hall–Kier alpha value is -3.28. The van der Waals surface area contributed by atoms with E-state index in [1.807, 2.05) is 31.2 Å². The summed E-state index contributed by atoms with van der Waals surface area (Å²) in [6.45, 7) is 1.93. The highest BCUT2D eigenvalue weighted by molar-refractivity contribution is 5.93. The number of nitrogens with zero attached hydrogens (tertiary/aromatic N) is 4. The van der Waals surface area contributed by atoms with E-state index in [1.165, 1.54) is 6.19 Å². The van der Waals surface area contributed by atoms with Crippen LogP contribution in [0.3, 0.4) is 0 Å². The van der Waals surface area contributed by atoms with Crippen molar-refractivity contribution in [3.05, 3.63) is 29.8 Å². The predicted molar refractivity (Wildman–Crippen MR) is 79.7 cm³/mol. The van der Waals surface area contributed by atoms with Crippen molar-refractivity contribution >= 4 is 23.6 Å². The Balaban J connectivity index is 0.000000511. The first kappa shape index (κ1) is 16.7. The number of para-hydroxylation sites is 1. The smallest absolute Gasteiger partial charge is 0.223 e. The lowest BCUT2D eigenvalue weighted by Gasteiger charge is -1.99. The molecule has 9 heteroatoms. The van der Waals surface area contributed by atoms with Crippen LogP contribution in [0.1, 0.15) is 5.56 Å². The molecule has 0 unspecified atom stereocenters. The van der Waals surface area contributed by atoms with Crippen molar-refractivity contribution < 1.29 is 0 Å². The Morgan fingerprint density at radius 1 is 1.05 bits per heavy atom. The summed E-state index contributed by atoms with van der Waals surface area (Å²) in [5.41, 5.74) is 27.0. The Labute approximate surface area is 116 Å². The summed E-state index contributed by atoms with van der Waals surface area (Å²) in [5, 5.41) is 7.64. The summed E-state index contributed by atoms with van der Waals surface area (Å²) in [5.74, 6) is -0.239. The van der Waals surface area contributed by atoms with Gasteiger partial charge in [0.1, 0.15) is 0 Å². The summed E-state index contributed by atoms with van der Waals surface area (Å²) >= 11 is 0. The number of hydrogen-bond donors (Lipinski definition) is 5. The highest BCUT2D eigenvalue weighted by Gasteiger charge is 1.95. The molecule has 10 N–H and O–H groups in total. The van der Waals surface area contributed by atoms with E-state index in [0.29, 0.717) is 0 Å². The van der Waals surface area contributed by atoms with Crippen molar-refractivity contribution in [2.24, 2.45) is 43.6 Å². The quantitative estimate of drug-likeness (QED) is 0.246. The van der Waals surface area contributed by atoms with E-state index in [1.54, 1.807) is 0 Å². The van der Waals surface area contributed by atoms with Crippen LogP contribution >= 0.6 is 0 Å². The van der Waals surface area contributed by atoms with E-state index in [2.05, 4.69) is 15.0 Å². The second-order valence-corrected chi connectivity index (χ2v) is 3.43. The first-order valence-electron chi connectivity index (χ1n) is 5.34. The van der Waals surface area contributed by atoms with Gasteiger partial charge in [-0.3, -0.25) is 0 Å². The Morgan fingerprint density at radius 2 is 1.65 bits per heavy atom. The molecule has 1 rings (SSSR count). The molecule has 0 spiro atoms. The Kier molecular flexibility index (Phi) is 7.32. The minimum Gasteiger partial charge on any atom is -0.370 e. The number of rotatable bonds is 1. The van der Waals surface area contributed by atoms with E-state index >= 15 is 0 Å². The number of guanidine groups is 3. The number of aryl methyl sites for hydroxylation is 1. The number of nitriles is 1. The van der Waals surface area contributed by atoms with Crippen LogP contribution in [-0.2, 0) is 0 Å². The molecule has 9 nitrogen and oxygen atoms in total. The van der Waals surface area contributed by atoms with E-state index in [4.69, 9.17) is 33.9 Å². The third-order valence-corrected chi connectivity index (χ3v) is 1.77. The molecule has 0 aliphatic rings. The third-order valence-electron chi connectivity index (χ3n) is 1.77. The maximum absolute atomic E-state index is 7.64. The van der Waals surface area contributed by atoms with Gasteiger partial charge < -0.3 is 28.7 Å². The van der Waals surface area contributed by atoms with Crippen LogP contribution in [-0.4, -0.2) is 17.9 Å². The topological polar surface area (TPSA) is 191 Å². The Bertz CT molecular complexity index is 558. The zero-order chi connectivity index (χ0) is 15.5. The van der Waals surface area contributed by atoms with Crippen molar-refractivity contribution in [2.45, 2.75) is 6.92 Å². The molecule has 0 aliphatic carbocycles. The zero-order valence-electron chi connectivity index (χ0n) is 11.0. The monoisotopic (exact) mass is 275 g/mol. The van der Waals surface area contributed by atoms with Crippen molar-refractivity contribution in [2.75, 3.05) is 0 Å². The average Bonchev–Trinajstić information content (AvgIpc) is 2.31. The van der Waals surface area contributed by atoms with Crippen LogP contribution in [0.4, 0.5) is 5.69 Å². The highest BCUT2D eigenvalue weighted by Crippen LogP contribution is 2.16. The molecule has 1 aromatic carbocycles. The van der Waals surface area contributed by atoms with Gasteiger partial charge in [-0.1, -0.05) is 18.2 Å². The minimum absolute atomic E-state index is 0.0549. The van der Waals surface area contributed by atoms with Gasteiger partial charge in [-0.05, 0) is 18.6 Å². The van der Waals surface area contributed by atoms with Crippen LogP contribution in [0.5, 0.6) is 0 Å². The Morgan fingerprint density at radius 3 is 2.05 bits per heavy atom. The maximum Gasteiger partial charge on any atom is 0.223 e. The number of benzene rings is 1.